The summed E-state index contributed by atoms with van der Waals surface area (Å²) in [6.45, 7) is 2.02. The second-order valence-electron chi connectivity index (χ2n) is 6.54. The van der Waals surface area contributed by atoms with Crippen LogP contribution < -0.4 is 10.6 Å². The minimum Gasteiger partial charge on any atom is -0.345 e. The summed E-state index contributed by atoms with van der Waals surface area (Å²) in [6, 6.07) is 17.5. The number of hydrogen-bond donors (Lipinski definition) is 2. The molecule has 1 unspecified atom stereocenters. The molecule has 3 aromatic rings. The average molecular weight is 348 g/mol. The maximum Gasteiger partial charge on any atom is 0.264 e. The standard InChI is InChI=1S/C20H20N4O2/c1-13(14-9-11-17(12-10-14)22-18(25)15-7-8-15)21-20-23-19(26-24-20)16-5-3-2-4-6-16/h2-6,9-13,15H,7-8H2,1H3,(H,21,24)(H,22,25). The van der Waals surface area contributed by atoms with Gasteiger partial charge in [0.1, 0.15) is 0 Å². The van der Waals surface area contributed by atoms with Gasteiger partial charge in [-0.05, 0) is 54.8 Å². The van der Waals surface area contributed by atoms with Crippen molar-refractivity contribution in [3.05, 3.63) is 60.2 Å². The molecule has 1 aliphatic rings. The van der Waals surface area contributed by atoms with E-state index in [4.69, 9.17) is 4.52 Å². The molecule has 0 saturated heterocycles. The molecular formula is C20H20N4O2. The molecule has 132 valence electrons. The Morgan fingerprint density at radius 3 is 2.54 bits per heavy atom. The molecular weight excluding hydrogens is 328 g/mol. The highest BCUT2D eigenvalue weighted by Crippen LogP contribution is 2.30. The second kappa shape index (κ2) is 7.00. The predicted octanol–water partition coefficient (Wildman–Crippen LogP) is 4.26. The Kier molecular flexibility index (Phi) is 4.39. The Labute approximate surface area is 151 Å². The van der Waals surface area contributed by atoms with E-state index >= 15 is 0 Å². The largest absolute Gasteiger partial charge is 0.345 e. The van der Waals surface area contributed by atoms with Gasteiger partial charge in [0.2, 0.25) is 5.91 Å². The number of benzene rings is 2. The summed E-state index contributed by atoms with van der Waals surface area (Å²) in [5, 5.41) is 10.2. The topological polar surface area (TPSA) is 80.1 Å². The molecule has 0 bridgehead atoms. The van der Waals surface area contributed by atoms with Crippen LogP contribution in [0.3, 0.4) is 0 Å². The Morgan fingerprint density at radius 2 is 1.85 bits per heavy atom. The number of hydrogen-bond acceptors (Lipinski definition) is 5. The first kappa shape index (κ1) is 16.3. The zero-order valence-corrected chi connectivity index (χ0v) is 14.5. The fourth-order valence-corrected chi connectivity index (χ4v) is 2.70. The molecule has 1 saturated carbocycles. The van der Waals surface area contributed by atoms with E-state index in [1.165, 1.54) is 0 Å². The number of carbonyl (C=O) groups excluding carboxylic acids is 1. The highest BCUT2D eigenvalue weighted by molar-refractivity contribution is 5.94. The van der Waals surface area contributed by atoms with E-state index in [0.717, 1.165) is 29.7 Å². The highest BCUT2D eigenvalue weighted by atomic mass is 16.5. The van der Waals surface area contributed by atoms with Gasteiger partial charge in [0.25, 0.3) is 11.8 Å². The van der Waals surface area contributed by atoms with Gasteiger partial charge in [-0.2, -0.15) is 4.98 Å². The van der Waals surface area contributed by atoms with Crippen molar-refractivity contribution in [1.82, 2.24) is 10.1 Å². The summed E-state index contributed by atoms with van der Waals surface area (Å²) in [6.07, 6.45) is 2.00. The van der Waals surface area contributed by atoms with Crippen LogP contribution in [0.5, 0.6) is 0 Å². The molecule has 1 heterocycles. The van der Waals surface area contributed by atoms with Gasteiger partial charge >= 0.3 is 0 Å². The quantitative estimate of drug-likeness (QED) is 0.696. The third kappa shape index (κ3) is 3.74. The van der Waals surface area contributed by atoms with Crippen LogP contribution in [-0.2, 0) is 4.79 Å². The normalized spacial score (nSPS) is 14.7. The van der Waals surface area contributed by atoms with Gasteiger partial charge in [0, 0.05) is 17.2 Å². The lowest BCUT2D eigenvalue weighted by molar-refractivity contribution is -0.117. The van der Waals surface area contributed by atoms with Gasteiger partial charge in [0.05, 0.1) is 6.04 Å². The number of nitrogens with zero attached hydrogens (tertiary/aromatic N) is 2. The minimum atomic E-state index is 0.00408. The summed E-state index contributed by atoms with van der Waals surface area (Å²) in [5.74, 6) is 1.25. The molecule has 0 aliphatic heterocycles. The number of amides is 1. The van der Waals surface area contributed by atoms with Gasteiger partial charge in [-0.1, -0.05) is 30.3 Å². The van der Waals surface area contributed by atoms with Crippen LogP contribution in [0.15, 0.2) is 59.1 Å². The lowest BCUT2D eigenvalue weighted by atomic mass is 10.1. The number of aromatic nitrogens is 2. The van der Waals surface area contributed by atoms with E-state index < -0.39 is 0 Å². The van der Waals surface area contributed by atoms with Crippen LogP contribution in [0.1, 0.15) is 31.4 Å². The van der Waals surface area contributed by atoms with Crippen molar-refractivity contribution in [3.8, 4) is 11.5 Å². The molecule has 1 atom stereocenters. The zero-order valence-electron chi connectivity index (χ0n) is 14.5. The Bertz CT molecular complexity index is 886. The Hall–Kier alpha value is -3.15. The van der Waals surface area contributed by atoms with Crippen LogP contribution in [0.4, 0.5) is 11.6 Å². The lowest BCUT2D eigenvalue weighted by Gasteiger charge is -2.13. The van der Waals surface area contributed by atoms with E-state index in [1.807, 2.05) is 61.5 Å². The molecule has 0 spiro atoms. The number of nitrogens with one attached hydrogen (secondary N) is 2. The third-order valence-electron chi connectivity index (χ3n) is 4.42. The summed E-state index contributed by atoms with van der Waals surface area (Å²) in [5.41, 5.74) is 2.78. The van der Waals surface area contributed by atoms with Gasteiger partial charge < -0.3 is 15.2 Å². The average Bonchev–Trinajstić information content (AvgIpc) is 3.43. The summed E-state index contributed by atoms with van der Waals surface area (Å²) < 4.78 is 5.31. The summed E-state index contributed by atoms with van der Waals surface area (Å²) in [4.78, 5) is 16.2. The number of rotatable bonds is 6. The first-order chi connectivity index (χ1) is 12.7. The van der Waals surface area contributed by atoms with Gasteiger partial charge in [-0.25, -0.2) is 0 Å². The third-order valence-corrected chi connectivity index (χ3v) is 4.42. The van der Waals surface area contributed by atoms with Crippen LogP contribution >= 0.6 is 0 Å². The van der Waals surface area contributed by atoms with Gasteiger partial charge in [-0.15, -0.1) is 0 Å². The first-order valence-corrected chi connectivity index (χ1v) is 8.75. The van der Waals surface area contributed by atoms with E-state index in [9.17, 15) is 4.79 Å². The zero-order chi connectivity index (χ0) is 17.9. The van der Waals surface area contributed by atoms with Gasteiger partial charge in [0.15, 0.2) is 0 Å². The van der Waals surface area contributed by atoms with Crippen LogP contribution in [0.2, 0.25) is 0 Å². The smallest absolute Gasteiger partial charge is 0.264 e. The molecule has 4 rings (SSSR count). The predicted molar refractivity (Wildman–Crippen MR) is 99.6 cm³/mol. The van der Waals surface area contributed by atoms with Crippen molar-refractivity contribution in [2.75, 3.05) is 10.6 Å². The number of anilines is 2. The van der Waals surface area contributed by atoms with Crippen molar-refractivity contribution in [3.63, 3.8) is 0 Å². The maximum atomic E-state index is 11.8. The van der Waals surface area contributed by atoms with Crippen molar-refractivity contribution in [1.29, 1.82) is 0 Å². The lowest BCUT2D eigenvalue weighted by Crippen LogP contribution is -2.13. The second-order valence-corrected chi connectivity index (χ2v) is 6.54. The molecule has 2 N–H and O–H groups in total. The van der Waals surface area contributed by atoms with Crippen molar-refractivity contribution < 1.29 is 9.32 Å². The van der Waals surface area contributed by atoms with E-state index in [0.29, 0.717) is 11.8 Å². The van der Waals surface area contributed by atoms with Crippen LogP contribution in [0, 0.1) is 5.92 Å². The molecule has 1 aromatic heterocycles. The van der Waals surface area contributed by atoms with Crippen LogP contribution in [0.25, 0.3) is 11.5 Å². The fraction of sp³-hybridized carbons (Fsp3) is 0.250. The molecule has 6 nitrogen and oxygen atoms in total. The summed E-state index contributed by atoms with van der Waals surface area (Å²) in [7, 11) is 0. The minimum absolute atomic E-state index is 0.00408. The summed E-state index contributed by atoms with van der Waals surface area (Å²) >= 11 is 0. The molecule has 1 aliphatic carbocycles. The Morgan fingerprint density at radius 1 is 1.12 bits per heavy atom. The molecule has 1 fully saturated rings. The van der Waals surface area contributed by atoms with E-state index in [-0.39, 0.29) is 17.9 Å². The van der Waals surface area contributed by atoms with E-state index in [2.05, 4.69) is 20.8 Å². The van der Waals surface area contributed by atoms with Crippen molar-refractivity contribution in [2.24, 2.45) is 5.92 Å². The molecule has 0 radical (unpaired) electrons. The van der Waals surface area contributed by atoms with Gasteiger partial charge in [-0.3, -0.25) is 4.79 Å². The highest BCUT2D eigenvalue weighted by Gasteiger charge is 2.29. The number of carbonyl (C=O) groups is 1. The maximum absolute atomic E-state index is 11.8. The Balaban J connectivity index is 1.39. The molecule has 2 aromatic carbocycles. The first-order valence-electron chi connectivity index (χ1n) is 8.75. The molecule has 1 amide bonds. The molecule has 6 heteroatoms. The molecule has 26 heavy (non-hydrogen) atoms. The SMILES string of the molecule is CC(Nc1noc(-c2ccccc2)n1)c1ccc(NC(=O)C2CC2)cc1. The van der Waals surface area contributed by atoms with Crippen LogP contribution in [-0.4, -0.2) is 16.0 Å². The fourth-order valence-electron chi connectivity index (χ4n) is 2.70. The van der Waals surface area contributed by atoms with Crippen molar-refractivity contribution in [2.45, 2.75) is 25.8 Å². The van der Waals surface area contributed by atoms with Crippen molar-refractivity contribution >= 4 is 17.5 Å². The monoisotopic (exact) mass is 348 g/mol. The van der Waals surface area contributed by atoms with E-state index in [1.54, 1.807) is 0 Å².